The standard InChI is InChI=1S/C17H24N2O2/c1-3-4-10-19-12-15(11-16(19)20)17(21)18-13(2)14-8-6-5-7-9-14/h5-9,13,15H,3-4,10-12H2,1-2H3,(H,18,21)/t13-,15+/m1/s1. The van der Waals surface area contributed by atoms with Crippen LogP contribution in [0.25, 0.3) is 0 Å². The van der Waals surface area contributed by atoms with E-state index in [0.29, 0.717) is 13.0 Å². The summed E-state index contributed by atoms with van der Waals surface area (Å²) in [5.41, 5.74) is 1.08. The van der Waals surface area contributed by atoms with E-state index in [1.54, 1.807) is 0 Å². The Balaban J connectivity index is 1.88. The Hall–Kier alpha value is -1.84. The maximum absolute atomic E-state index is 12.3. The molecule has 1 aromatic rings. The molecule has 0 spiro atoms. The molecule has 1 saturated heterocycles. The van der Waals surface area contributed by atoms with Crippen LogP contribution in [0.4, 0.5) is 0 Å². The van der Waals surface area contributed by atoms with Crippen molar-refractivity contribution in [3.8, 4) is 0 Å². The van der Waals surface area contributed by atoms with Crippen LogP contribution < -0.4 is 5.32 Å². The van der Waals surface area contributed by atoms with Gasteiger partial charge in [-0.15, -0.1) is 0 Å². The van der Waals surface area contributed by atoms with E-state index in [1.807, 2.05) is 42.2 Å². The highest BCUT2D eigenvalue weighted by molar-refractivity contribution is 5.89. The smallest absolute Gasteiger partial charge is 0.225 e. The number of amides is 2. The van der Waals surface area contributed by atoms with Gasteiger partial charge in [-0.25, -0.2) is 0 Å². The molecule has 2 rings (SSSR count). The number of carbonyl (C=O) groups is 2. The molecule has 4 heteroatoms. The van der Waals surface area contributed by atoms with E-state index >= 15 is 0 Å². The van der Waals surface area contributed by atoms with Crippen LogP contribution in [0.5, 0.6) is 0 Å². The molecule has 0 radical (unpaired) electrons. The van der Waals surface area contributed by atoms with Crippen molar-refractivity contribution in [2.75, 3.05) is 13.1 Å². The summed E-state index contributed by atoms with van der Waals surface area (Å²) in [7, 11) is 0. The second kappa shape index (κ2) is 7.25. The van der Waals surface area contributed by atoms with Gasteiger partial charge in [-0.2, -0.15) is 0 Å². The van der Waals surface area contributed by atoms with Gasteiger partial charge in [0.2, 0.25) is 11.8 Å². The normalized spacial score (nSPS) is 19.6. The van der Waals surface area contributed by atoms with Gasteiger partial charge in [-0.05, 0) is 18.9 Å². The summed E-state index contributed by atoms with van der Waals surface area (Å²) < 4.78 is 0. The van der Waals surface area contributed by atoms with Crippen molar-refractivity contribution in [2.24, 2.45) is 5.92 Å². The summed E-state index contributed by atoms with van der Waals surface area (Å²) in [5.74, 6) is -0.116. The molecule has 114 valence electrons. The van der Waals surface area contributed by atoms with Crippen LogP contribution in [0.1, 0.15) is 44.7 Å². The minimum absolute atomic E-state index is 0.0151. The van der Waals surface area contributed by atoms with Crippen LogP contribution in [-0.4, -0.2) is 29.8 Å². The zero-order valence-corrected chi connectivity index (χ0v) is 12.8. The lowest BCUT2D eigenvalue weighted by Crippen LogP contribution is -2.34. The Labute approximate surface area is 126 Å². The number of unbranched alkanes of at least 4 members (excludes halogenated alkanes) is 1. The molecule has 0 unspecified atom stereocenters. The van der Waals surface area contributed by atoms with Crippen molar-refractivity contribution in [2.45, 2.75) is 39.2 Å². The van der Waals surface area contributed by atoms with Crippen LogP contribution >= 0.6 is 0 Å². The fourth-order valence-electron chi connectivity index (χ4n) is 2.67. The molecule has 1 aliphatic rings. The van der Waals surface area contributed by atoms with E-state index in [9.17, 15) is 9.59 Å². The third-order valence-electron chi connectivity index (χ3n) is 4.03. The van der Waals surface area contributed by atoms with Crippen molar-refractivity contribution in [1.82, 2.24) is 10.2 Å². The zero-order chi connectivity index (χ0) is 15.2. The molecule has 2 atom stereocenters. The summed E-state index contributed by atoms with van der Waals surface area (Å²) in [6.07, 6.45) is 2.41. The van der Waals surface area contributed by atoms with Gasteiger partial charge in [0.05, 0.1) is 12.0 Å². The fraction of sp³-hybridized carbons (Fsp3) is 0.529. The summed E-state index contributed by atoms with van der Waals surface area (Å²) >= 11 is 0. The number of rotatable bonds is 6. The van der Waals surface area contributed by atoms with Crippen LogP contribution in [-0.2, 0) is 9.59 Å². The first-order valence-corrected chi connectivity index (χ1v) is 7.75. The predicted molar refractivity (Wildman–Crippen MR) is 82.6 cm³/mol. The predicted octanol–water partition coefficient (Wildman–Crippen LogP) is 2.51. The first kappa shape index (κ1) is 15.5. The van der Waals surface area contributed by atoms with Crippen molar-refractivity contribution in [3.05, 3.63) is 35.9 Å². The maximum atomic E-state index is 12.3. The summed E-state index contributed by atoms with van der Waals surface area (Å²) in [5, 5.41) is 3.02. The molecule has 21 heavy (non-hydrogen) atoms. The highest BCUT2D eigenvalue weighted by Crippen LogP contribution is 2.20. The number of nitrogens with one attached hydrogen (secondary N) is 1. The minimum Gasteiger partial charge on any atom is -0.349 e. The lowest BCUT2D eigenvalue weighted by atomic mass is 10.1. The average Bonchev–Trinajstić information content (AvgIpc) is 2.87. The fourth-order valence-corrected chi connectivity index (χ4v) is 2.67. The van der Waals surface area contributed by atoms with Gasteiger partial charge < -0.3 is 10.2 Å². The van der Waals surface area contributed by atoms with Crippen LogP contribution in [0.2, 0.25) is 0 Å². The molecule has 0 bridgehead atoms. The molecule has 1 N–H and O–H groups in total. The summed E-state index contributed by atoms with van der Waals surface area (Å²) in [6.45, 7) is 5.41. The minimum atomic E-state index is -0.208. The monoisotopic (exact) mass is 288 g/mol. The average molecular weight is 288 g/mol. The van der Waals surface area contributed by atoms with Crippen molar-refractivity contribution in [1.29, 1.82) is 0 Å². The molecule has 1 aromatic carbocycles. The van der Waals surface area contributed by atoms with Gasteiger partial charge in [0.15, 0.2) is 0 Å². The van der Waals surface area contributed by atoms with Crippen molar-refractivity contribution >= 4 is 11.8 Å². The van der Waals surface area contributed by atoms with Crippen molar-refractivity contribution in [3.63, 3.8) is 0 Å². The number of carbonyl (C=O) groups excluding carboxylic acids is 2. The maximum Gasteiger partial charge on any atom is 0.225 e. The third kappa shape index (κ3) is 4.06. The van der Waals surface area contributed by atoms with Gasteiger partial charge in [0.25, 0.3) is 0 Å². The molecule has 4 nitrogen and oxygen atoms in total. The number of benzene rings is 1. The Kier molecular flexibility index (Phi) is 5.37. The van der Waals surface area contributed by atoms with E-state index in [-0.39, 0.29) is 23.8 Å². The first-order chi connectivity index (χ1) is 10.1. The van der Waals surface area contributed by atoms with E-state index in [2.05, 4.69) is 12.2 Å². The Bertz CT molecular complexity index is 487. The molecule has 1 aliphatic heterocycles. The molecular weight excluding hydrogens is 264 g/mol. The molecule has 0 saturated carbocycles. The van der Waals surface area contributed by atoms with E-state index in [4.69, 9.17) is 0 Å². The molecular formula is C17H24N2O2. The summed E-state index contributed by atoms with van der Waals surface area (Å²) in [6, 6.07) is 9.85. The molecule has 2 amide bonds. The third-order valence-corrected chi connectivity index (χ3v) is 4.03. The topological polar surface area (TPSA) is 49.4 Å². The lowest BCUT2D eigenvalue weighted by Gasteiger charge is -2.18. The Morgan fingerprint density at radius 1 is 1.38 bits per heavy atom. The van der Waals surface area contributed by atoms with E-state index in [1.165, 1.54) is 0 Å². The largest absolute Gasteiger partial charge is 0.349 e. The van der Waals surface area contributed by atoms with Gasteiger partial charge >= 0.3 is 0 Å². The van der Waals surface area contributed by atoms with Crippen molar-refractivity contribution < 1.29 is 9.59 Å². The van der Waals surface area contributed by atoms with Gasteiger partial charge in [0.1, 0.15) is 0 Å². The quantitative estimate of drug-likeness (QED) is 0.874. The molecule has 1 heterocycles. The number of nitrogens with zero attached hydrogens (tertiary/aromatic N) is 1. The lowest BCUT2D eigenvalue weighted by molar-refractivity contribution is -0.129. The summed E-state index contributed by atoms with van der Waals surface area (Å²) in [4.78, 5) is 26.0. The van der Waals surface area contributed by atoms with Gasteiger partial charge in [0, 0.05) is 19.5 Å². The van der Waals surface area contributed by atoms with Crippen LogP contribution in [0, 0.1) is 5.92 Å². The SMILES string of the molecule is CCCCN1C[C@@H](C(=O)N[C@H](C)c2ccccc2)CC1=O. The number of hydrogen-bond acceptors (Lipinski definition) is 2. The molecule has 1 fully saturated rings. The van der Waals surface area contributed by atoms with Gasteiger partial charge in [-0.1, -0.05) is 43.7 Å². The molecule has 0 aliphatic carbocycles. The Morgan fingerprint density at radius 3 is 2.76 bits per heavy atom. The number of hydrogen-bond donors (Lipinski definition) is 1. The van der Waals surface area contributed by atoms with Crippen LogP contribution in [0.3, 0.4) is 0 Å². The highest BCUT2D eigenvalue weighted by atomic mass is 16.2. The van der Waals surface area contributed by atoms with E-state index < -0.39 is 0 Å². The van der Waals surface area contributed by atoms with E-state index in [0.717, 1.165) is 24.9 Å². The van der Waals surface area contributed by atoms with Gasteiger partial charge in [-0.3, -0.25) is 9.59 Å². The van der Waals surface area contributed by atoms with Crippen LogP contribution in [0.15, 0.2) is 30.3 Å². The number of likely N-dealkylation sites (tertiary alicyclic amines) is 1. The Morgan fingerprint density at radius 2 is 2.10 bits per heavy atom. The first-order valence-electron chi connectivity index (χ1n) is 7.75. The zero-order valence-electron chi connectivity index (χ0n) is 12.8. The second-order valence-corrected chi connectivity index (χ2v) is 5.74. The second-order valence-electron chi connectivity index (χ2n) is 5.74. The highest BCUT2D eigenvalue weighted by Gasteiger charge is 2.34. The molecule has 0 aromatic heterocycles.